The van der Waals surface area contributed by atoms with E-state index in [0.717, 1.165) is 27.5 Å². The lowest BCUT2D eigenvalue weighted by Gasteiger charge is -2.14. The van der Waals surface area contributed by atoms with E-state index in [2.05, 4.69) is 31.1 Å². The van der Waals surface area contributed by atoms with E-state index in [0.29, 0.717) is 22.2 Å². The number of ether oxygens (including phenoxy) is 1. The van der Waals surface area contributed by atoms with Gasteiger partial charge < -0.3 is 14.7 Å². The van der Waals surface area contributed by atoms with Crippen LogP contribution in [0.15, 0.2) is 50.9 Å². The summed E-state index contributed by atoms with van der Waals surface area (Å²) in [5.41, 5.74) is 2.36. The van der Waals surface area contributed by atoms with E-state index in [1.807, 2.05) is 37.2 Å². The highest BCUT2D eigenvalue weighted by atomic mass is 79.9. The Hall–Kier alpha value is -2.49. The maximum atomic E-state index is 11.8. The summed E-state index contributed by atoms with van der Waals surface area (Å²) in [5, 5.41) is 17.4. The van der Waals surface area contributed by atoms with Gasteiger partial charge in [0.2, 0.25) is 5.16 Å². The van der Waals surface area contributed by atoms with Gasteiger partial charge in [-0.3, -0.25) is 5.10 Å². The van der Waals surface area contributed by atoms with Crippen LogP contribution >= 0.6 is 39.3 Å². The number of rotatable bonds is 7. The SMILES string of the molecule is COc1ccc(Cl)cc1-c1nc(S/C(=C\c2ccc(N(C)C)c(Br)c2)C(=O)O)n[nH]1. The lowest BCUT2D eigenvalue weighted by atomic mass is 10.2. The molecule has 30 heavy (non-hydrogen) atoms. The van der Waals surface area contributed by atoms with Gasteiger partial charge in [0.1, 0.15) is 10.7 Å². The number of benzene rings is 2. The number of carbonyl (C=O) groups is 1. The summed E-state index contributed by atoms with van der Waals surface area (Å²) in [6.45, 7) is 0. The summed E-state index contributed by atoms with van der Waals surface area (Å²) in [7, 11) is 5.41. The highest BCUT2D eigenvalue weighted by molar-refractivity contribution is 9.10. The number of aliphatic carboxylic acids is 1. The molecule has 0 amide bonds. The molecule has 0 fully saturated rings. The molecular weight excluding hydrogens is 492 g/mol. The third-order valence-electron chi connectivity index (χ3n) is 4.04. The zero-order valence-corrected chi connectivity index (χ0v) is 19.5. The topological polar surface area (TPSA) is 91.3 Å². The maximum Gasteiger partial charge on any atom is 0.342 e. The summed E-state index contributed by atoms with van der Waals surface area (Å²) >= 11 is 10.5. The van der Waals surface area contributed by atoms with Crippen molar-refractivity contribution in [2.75, 3.05) is 26.1 Å². The lowest BCUT2D eigenvalue weighted by molar-refractivity contribution is -0.131. The van der Waals surface area contributed by atoms with Crippen molar-refractivity contribution in [3.63, 3.8) is 0 Å². The van der Waals surface area contributed by atoms with Crippen LogP contribution in [0.5, 0.6) is 5.75 Å². The third kappa shape index (κ3) is 5.16. The molecule has 2 aromatic carbocycles. The first-order valence-corrected chi connectivity index (χ1v) is 10.6. The van der Waals surface area contributed by atoms with Crippen molar-refractivity contribution in [2.24, 2.45) is 0 Å². The van der Waals surface area contributed by atoms with Gasteiger partial charge in [-0.1, -0.05) is 17.7 Å². The molecule has 0 unspecified atom stereocenters. The number of thioether (sulfide) groups is 1. The largest absolute Gasteiger partial charge is 0.496 e. The van der Waals surface area contributed by atoms with Crippen LogP contribution in [0, 0.1) is 0 Å². The van der Waals surface area contributed by atoms with E-state index in [-0.39, 0.29) is 10.1 Å². The number of aromatic nitrogens is 3. The molecule has 0 aliphatic heterocycles. The molecule has 0 saturated heterocycles. The minimum Gasteiger partial charge on any atom is -0.496 e. The molecule has 0 aliphatic carbocycles. The van der Waals surface area contributed by atoms with Crippen LogP contribution in [0.4, 0.5) is 5.69 Å². The first kappa shape index (κ1) is 22.2. The van der Waals surface area contributed by atoms with Crippen LogP contribution in [0.3, 0.4) is 0 Å². The van der Waals surface area contributed by atoms with E-state index < -0.39 is 5.97 Å². The predicted octanol–water partition coefficient (Wildman–Crippen LogP) is 5.18. The Morgan fingerprint density at radius 3 is 2.70 bits per heavy atom. The van der Waals surface area contributed by atoms with Crippen LogP contribution < -0.4 is 9.64 Å². The Bertz CT molecular complexity index is 1120. The van der Waals surface area contributed by atoms with E-state index in [4.69, 9.17) is 16.3 Å². The zero-order valence-electron chi connectivity index (χ0n) is 16.3. The Labute approximate surface area is 191 Å². The first-order chi connectivity index (χ1) is 14.3. The Morgan fingerprint density at radius 1 is 1.30 bits per heavy atom. The molecule has 3 aromatic rings. The number of halogens is 2. The molecule has 0 saturated carbocycles. The van der Waals surface area contributed by atoms with E-state index in [1.165, 1.54) is 0 Å². The van der Waals surface area contributed by atoms with Crippen molar-refractivity contribution in [2.45, 2.75) is 5.16 Å². The number of carboxylic acids is 1. The first-order valence-electron chi connectivity index (χ1n) is 8.64. The standard InChI is InChI=1S/C20H18BrClN4O3S/c1-26(2)15-6-4-11(8-14(15)21)9-17(19(27)28)30-20-23-18(24-25-20)13-10-12(22)5-7-16(13)29-3/h4-10H,1-3H3,(H,27,28)(H,23,24,25)/b17-9-. The Morgan fingerprint density at radius 2 is 2.07 bits per heavy atom. The summed E-state index contributed by atoms with van der Waals surface area (Å²) in [4.78, 5) is 18.2. The second kappa shape index (κ2) is 9.55. The number of nitrogens with one attached hydrogen (secondary N) is 1. The molecule has 0 spiro atoms. The minimum absolute atomic E-state index is 0.0862. The highest BCUT2D eigenvalue weighted by Crippen LogP contribution is 2.33. The summed E-state index contributed by atoms with van der Waals surface area (Å²) in [6, 6.07) is 10.8. The number of methoxy groups -OCH3 is 1. The Balaban J connectivity index is 1.89. The second-order valence-corrected chi connectivity index (χ2v) is 8.63. The summed E-state index contributed by atoms with van der Waals surface area (Å²) in [5.74, 6) is -0.0638. The number of anilines is 1. The fourth-order valence-electron chi connectivity index (χ4n) is 2.64. The molecular formula is C20H18BrClN4O3S. The third-order valence-corrected chi connectivity index (χ3v) is 5.79. The molecule has 3 rings (SSSR count). The number of H-pyrrole nitrogens is 1. The van der Waals surface area contributed by atoms with Gasteiger partial charge in [0.25, 0.3) is 0 Å². The van der Waals surface area contributed by atoms with Crippen LogP contribution in [-0.4, -0.2) is 47.5 Å². The average Bonchev–Trinajstić information content (AvgIpc) is 3.15. The summed E-state index contributed by atoms with van der Waals surface area (Å²) < 4.78 is 6.20. The van der Waals surface area contributed by atoms with Crippen molar-refractivity contribution in [3.05, 3.63) is 56.4 Å². The van der Waals surface area contributed by atoms with Crippen LogP contribution in [-0.2, 0) is 4.79 Å². The van der Waals surface area contributed by atoms with Crippen molar-refractivity contribution in [3.8, 4) is 17.1 Å². The van der Waals surface area contributed by atoms with Crippen molar-refractivity contribution < 1.29 is 14.6 Å². The maximum absolute atomic E-state index is 11.8. The fourth-order valence-corrected chi connectivity index (χ4v) is 4.27. The molecule has 1 aromatic heterocycles. The smallest absolute Gasteiger partial charge is 0.342 e. The van der Waals surface area contributed by atoms with Crippen LogP contribution in [0.25, 0.3) is 17.5 Å². The van der Waals surface area contributed by atoms with Gasteiger partial charge in [0.05, 0.1) is 18.4 Å². The van der Waals surface area contributed by atoms with Crippen molar-refractivity contribution in [1.29, 1.82) is 0 Å². The predicted molar refractivity (Wildman–Crippen MR) is 123 cm³/mol. The number of carboxylic acid groups (broad SMARTS) is 1. The molecule has 7 nitrogen and oxygen atoms in total. The number of aromatic amines is 1. The van der Waals surface area contributed by atoms with Gasteiger partial charge in [-0.15, -0.1) is 5.10 Å². The van der Waals surface area contributed by atoms with Gasteiger partial charge in [-0.05, 0) is 69.7 Å². The molecule has 1 heterocycles. The van der Waals surface area contributed by atoms with Gasteiger partial charge in [0, 0.05) is 23.6 Å². The van der Waals surface area contributed by atoms with Crippen molar-refractivity contribution in [1.82, 2.24) is 15.2 Å². The quantitative estimate of drug-likeness (QED) is 0.335. The van der Waals surface area contributed by atoms with Gasteiger partial charge in [-0.2, -0.15) is 0 Å². The van der Waals surface area contributed by atoms with Crippen molar-refractivity contribution >= 4 is 57.0 Å². The normalized spacial score (nSPS) is 11.4. The van der Waals surface area contributed by atoms with Crippen LogP contribution in [0.1, 0.15) is 5.56 Å². The minimum atomic E-state index is -1.07. The van der Waals surface area contributed by atoms with Crippen LogP contribution in [0.2, 0.25) is 5.02 Å². The summed E-state index contributed by atoms with van der Waals surface area (Å²) in [6.07, 6.45) is 1.58. The fraction of sp³-hybridized carbons (Fsp3) is 0.150. The molecule has 2 N–H and O–H groups in total. The second-order valence-electron chi connectivity index (χ2n) is 6.33. The van der Waals surface area contributed by atoms with Gasteiger partial charge in [0.15, 0.2) is 5.82 Å². The molecule has 10 heteroatoms. The zero-order chi connectivity index (χ0) is 21.8. The number of hydrogen-bond donors (Lipinski definition) is 2. The Kier molecular flexibility index (Phi) is 7.06. The average molecular weight is 510 g/mol. The van der Waals surface area contributed by atoms with E-state index >= 15 is 0 Å². The van der Waals surface area contributed by atoms with Gasteiger partial charge in [-0.25, -0.2) is 9.78 Å². The van der Waals surface area contributed by atoms with Gasteiger partial charge >= 0.3 is 5.97 Å². The molecule has 156 valence electrons. The molecule has 0 atom stereocenters. The number of hydrogen-bond acceptors (Lipinski definition) is 6. The number of nitrogens with zero attached hydrogens (tertiary/aromatic N) is 3. The molecule has 0 radical (unpaired) electrons. The van der Waals surface area contributed by atoms with E-state index in [1.54, 1.807) is 31.4 Å². The molecule has 0 bridgehead atoms. The monoisotopic (exact) mass is 508 g/mol. The molecule has 0 aliphatic rings. The van der Waals surface area contributed by atoms with E-state index in [9.17, 15) is 9.90 Å². The highest BCUT2D eigenvalue weighted by Gasteiger charge is 2.16. The lowest BCUT2D eigenvalue weighted by Crippen LogP contribution is -2.09.